The van der Waals surface area contributed by atoms with E-state index < -0.39 is 32.9 Å². The smallest absolute Gasteiger partial charge is 0.320 e. The van der Waals surface area contributed by atoms with Crippen LogP contribution in [-0.4, -0.2) is 30.8 Å². The number of carboxylic acids is 1. The average Bonchev–Trinajstić information content (AvgIpc) is 3.12. The Morgan fingerprint density at radius 1 is 1.47 bits per heavy atom. The summed E-state index contributed by atoms with van der Waals surface area (Å²) in [6, 6.07) is 2.50. The molecule has 1 atom stereocenters. The summed E-state index contributed by atoms with van der Waals surface area (Å²) in [5, 5.41) is 8.19. The number of hydrogen-bond donors (Lipinski definition) is 2. The third kappa shape index (κ3) is 2.93. The fraction of sp³-hybridized carbons (Fsp3) is 0.417. The van der Waals surface area contributed by atoms with Gasteiger partial charge in [-0.3, -0.25) is 4.79 Å². The normalized spacial score (nSPS) is 17.2. The van der Waals surface area contributed by atoms with E-state index >= 15 is 0 Å². The molecule has 2 rings (SSSR count). The van der Waals surface area contributed by atoms with Gasteiger partial charge in [0, 0.05) is 0 Å². The Hall–Kier alpha value is -1.47. The lowest BCUT2D eigenvalue weighted by Gasteiger charge is -2.09. The first-order valence-corrected chi connectivity index (χ1v) is 7.37. The molecule has 0 aliphatic heterocycles. The molecule has 7 heteroatoms. The van der Waals surface area contributed by atoms with Gasteiger partial charge in [-0.15, -0.1) is 0 Å². The largest absolute Gasteiger partial charge is 0.480 e. The van der Waals surface area contributed by atoms with Crippen molar-refractivity contribution >= 4 is 15.8 Å². The first kappa shape index (κ1) is 14.0. The van der Waals surface area contributed by atoms with Gasteiger partial charge in [0.15, 0.2) is 9.84 Å². The molecule has 104 valence electrons. The van der Waals surface area contributed by atoms with Crippen molar-refractivity contribution in [1.82, 2.24) is 0 Å². The minimum atomic E-state index is -3.58. The number of benzene rings is 1. The summed E-state index contributed by atoms with van der Waals surface area (Å²) < 4.78 is 37.6. The molecule has 19 heavy (non-hydrogen) atoms. The molecule has 1 fully saturated rings. The summed E-state index contributed by atoms with van der Waals surface area (Å²) in [4.78, 5) is 10.3. The number of sulfone groups is 1. The van der Waals surface area contributed by atoms with Gasteiger partial charge in [0.1, 0.15) is 16.8 Å². The molecule has 0 heterocycles. The van der Waals surface area contributed by atoms with Crippen molar-refractivity contribution in [3.05, 3.63) is 29.6 Å². The van der Waals surface area contributed by atoms with Gasteiger partial charge in [-0.1, -0.05) is 6.07 Å². The van der Waals surface area contributed by atoms with E-state index in [2.05, 4.69) is 0 Å². The maximum atomic E-state index is 13.8. The van der Waals surface area contributed by atoms with Gasteiger partial charge in [-0.05, 0) is 37.0 Å². The first-order valence-electron chi connectivity index (χ1n) is 5.83. The SMILES string of the molecule is NC(Cc1ccc(S(=O)(=O)C2CC2)c(F)c1)C(=O)O. The fourth-order valence-electron chi connectivity index (χ4n) is 1.80. The Morgan fingerprint density at radius 2 is 2.11 bits per heavy atom. The van der Waals surface area contributed by atoms with Crippen LogP contribution in [0.5, 0.6) is 0 Å². The van der Waals surface area contributed by atoms with Gasteiger partial charge >= 0.3 is 5.97 Å². The van der Waals surface area contributed by atoms with Crippen LogP contribution in [0.15, 0.2) is 23.1 Å². The third-order valence-corrected chi connectivity index (χ3v) is 5.33. The lowest BCUT2D eigenvalue weighted by molar-refractivity contribution is -0.138. The molecule has 0 bridgehead atoms. The molecule has 3 N–H and O–H groups in total. The van der Waals surface area contributed by atoms with Crippen molar-refractivity contribution in [1.29, 1.82) is 0 Å². The Kier molecular flexibility index (Phi) is 3.60. The highest BCUT2D eigenvalue weighted by molar-refractivity contribution is 7.92. The second kappa shape index (κ2) is 4.90. The van der Waals surface area contributed by atoms with E-state index in [0.717, 1.165) is 6.07 Å². The summed E-state index contributed by atoms with van der Waals surface area (Å²) in [7, 11) is -3.58. The van der Waals surface area contributed by atoms with Gasteiger partial charge in [-0.25, -0.2) is 12.8 Å². The summed E-state index contributed by atoms with van der Waals surface area (Å²) >= 11 is 0. The van der Waals surface area contributed by atoms with Gasteiger partial charge in [0.25, 0.3) is 0 Å². The summed E-state index contributed by atoms with van der Waals surface area (Å²) in [5.74, 6) is -2.03. The zero-order valence-electron chi connectivity index (χ0n) is 10.0. The number of aliphatic carboxylic acids is 1. The molecule has 1 aromatic carbocycles. The van der Waals surface area contributed by atoms with E-state index in [0.29, 0.717) is 18.4 Å². The Labute approximate surface area is 110 Å². The monoisotopic (exact) mass is 287 g/mol. The topological polar surface area (TPSA) is 97.5 Å². The van der Waals surface area contributed by atoms with Gasteiger partial charge < -0.3 is 10.8 Å². The number of rotatable bonds is 5. The summed E-state index contributed by atoms with van der Waals surface area (Å²) in [6.07, 6.45) is 1.08. The van der Waals surface area contributed by atoms with Crippen LogP contribution in [0.25, 0.3) is 0 Å². The molecule has 0 radical (unpaired) electrons. The van der Waals surface area contributed by atoms with Gasteiger partial charge in [0.05, 0.1) is 5.25 Å². The van der Waals surface area contributed by atoms with Crippen LogP contribution in [-0.2, 0) is 21.1 Å². The van der Waals surface area contributed by atoms with E-state index in [4.69, 9.17) is 10.8 Å². The fourth-order valence-corrected chi connectivity index (χ4v) is 3.51. The maximum absolute atomic E-state index is 13.8. The van der Waals surface area contributed by atoms with Gasteiger partial charge in [-0.2, -0.15) is 0 Å². The second-order valence-electron chi connectivity index (χ2n) is 4.66. The quantitative estimate of drug-likeness (QED) is 0.831. The number of nitrogens with two attached hydrogens (primary N) is 1. The predicted molar refractivity (Wildman–Crippen MR) is 65.9 cm³/mol. The van der Waals surface area contributed by atoms with E-state index in [1.54, 1.807) is 0 Å². The molecule has 0 aromatic heterocycles. The van der Waals surface area contributed by atoms with E-state index in [9.17, 15) is 17.6 Å². The highest BCUT2D eigenvalue weighted by Gasteiger charge is 2.38. The van der Waals surface area contributed by atoms with Crippen LogP contribution >= 0.6 is 0 Å². The molecule has 1 aliphatic carbocycles. The van der Waals surface area contributed by atoms with Crippen molar-refractivity contribution in [3.63, 3.8) is 0 Å². The molecular formula is C12H14FNO4S. The zero-order chi connectivity index (χ0) is 14.2. The molecule has 1 aliphatic rings. The zero-order valence-corrected chi connectivity index (χ0v) is 10.9. The molecule has 1 aromatic rings. The minimum Gasteiger partial charge on any atom is -0.480 e. The number of carboxylic acid groups (broad SMARTS) is 1. The lowest BCUT2D eigenvalue weighted by Crippen LogP contribution is -2.32. The first-order chi connectivity index (χ1) is 8.82. The van der Waals surface area contributed by atoms with Crippen molar-refractivity contribution < 1.29 is 22.7 Å². The molecule has 0 amide bonds. The van der Waals surface area contributed by atoms with Crippen molar-refractivity contribution in [2.45, 2.75) is 35.4 Å². The third-order valence-electron chi connectivity index (χ3n) is 3.04. The van der Waals surface area contributed by atoms with Crippen molar-refractivity contribution in [3.8, 4) is 0 Å². The van der Waals surface area contributed by atoms with Crippen LogP contribution in [0.1, 0.15) is 18.4 Å². The summed E-state index contributed by atoms with van der Waals surface area (Å²) in [5.41, 5.74) is 5.70. The highest BCUT2D eigenvalue weighted by Crippen LogP contribution is 2.34. The molecule has 1 saturated carbocycles. The standard InChI is InChI=1S/C12H14FNO4S/c13-9-5-7(6-10(14)12(15)16)1-4-11(9)19(17,18)8-2-3-8/h1,4-5,8,10H,2-3,6,14H2,(H,15,16). The molecule has 5 nitrogen and oxygen atoms in total. The molecular weight excluding hydrogens is 273 g/mol. The van der Waals surface area contributed by atoms with Crippen molar-refractivity contribution in [2.75, 3.05) is 0 Å². The van der Waals surface area contributed by atoms with Crippen LogP contribution in [0.4, 0.5) is 4.39 Å². The Morgan fingerprint density at radius 3 is 2.58 bits per heavy atom. The average molecular weight is 287 g/mol. The lowest BCUT2D eigenvalue weighted by atomic mass is 10.1. The number of hydrogen-bond acceptors (Lipinski definition) is 4. The van der Waals surface area contributed by atoms with Crippen LogP contribution in [0, 0.1) is 5.82 Å². The Bertz CT molecular complexity index is 610. The van der Waals surface area contributed by atoms with E-state index in [1.165, 1.54) is 12.1 Å². The van der Waals surface area contributed by atoms with E-state index in [-0.39, 0.29) is 11.3 Å². The molecule has 0 saturated heterocycles. The summed E-state index contributed by atoms with van der Waals surface area (Å²) in [6.45, 7) is 0. The number of halogens is 1. The molecule has 0 spiro atoms. The van der Waals surface area contributed by atoms with Crippen LogP contribution in [0.2, 0.25) is 0 Å². The van der Waals surface area contributed by atoms with E-state index in [1.807, 2.05) is 0 Å². The van der Waals surface area contributed by atoms with Crippen LogP contribution < -0.4 is 5.73 Å². The Balaban J connectivity index is 2.25. The van der Waals surface area contributed by atoms with Crippen molar-refractivity contribution in [2.24, 2.45) is 5.73 Å². The van der Waals surface area contributed by atoms with Gasteiger partial charge in [0.2, 0.25) is 0 Å². The maximum Gasteiger partial charge on any atom is 0.320 e. The predicted octanol–water partition coefficient (Wildman–Crippen LogP) is 0.716. The van der Waals surface area contributed by atoms with Crippen LogP contribution in [0.3, 0.4) is 0 Å². The second-order valence-corrected chi connectivity index (χ2v) is 6.85. The molecule has 1 unspecified atom stereocenters. The number of carbonyl (C=O) groups is 1. The minimum absolute atomic E-state index is 0.0456. The highest BCUT2D eigenvalue weighted by atomic mass is 32.2.